The third-order valence-electron chi connectivity index (χ3n) is 4.19. The predicted octanol–water partition coefficient (Wildman–Crippen LogP) is 5.62. The van der Waals surface area contributed by atoms with Crippen LogP contribution in [0.4, 0.5) is 0 Å². The molecule has 0 aliphatic heterocycles. The molecule has 0 bridgehead atoms. The van der Waals surface area contributed by atoms with Crippen LogP contribution >= 0.6 is 0 Å². The Labute approximate surface area is 152 Å². The number of benzene rings is 1. The Hall–Kier alpha value is -2.61. The molecular weight excluding hydrogens is 306 g/mol. The van der Waals surface area contributed by atoms with E-state index >= 15 is 0 Å². The first-order valence-electron chi connectivity index (χ1n) is 8.57. The SMILES string of the molecule is C=C(/C=C(C)/C(C)=C(\C)CNC(=O)/C=C/C)/C(=C\C)c1ccccc1. The second kappa shape index (κ2) is 10.3. The Morgan fingerprint density at radius 3 is 2.32 bits per heavy atom. The quantitative estimate of drug-likeness (QED) is 0.508. The van der Waals surface area contributed by atoms with E-state index in [1.54, 1.807) is 6.08 Å². The Morgan fingerprint density at radius 2 is 1.76 bits per heavy atom. The number of hydrogen-bond acceptors (Lipinski definition) is 1. The van der Waals surface area contributed by atoms with Gasteiger partial charge in [-0.3, -0.25) is 4.79 Å². The van der Waals surface area contributed by atoms with Crippen LogP contribution in [-0.4, -0.2) is 12.5 Å². The molecule has 0 heterocycles. The van der Waals surface area contributed by atoms with E-state index in [1.807, 2.05) is 39.0 Å². The largest absolute Gasteiger partial charge is 0.349 e. The molecule has 0 radical (unpaired) electrons. The Bertz CT molecular complexity index is 731. The molecule has 1 N–H and O–H groups in total. The number of carbonyl (C=O) groups is 1. The minimum Gasteiger partial charge on any atom is -0.349 e. The summed E-state index contributed by atoms with van der Waals surface area (Å²) < 4.78 is 0. The fourth-order valence-corrected chi connectivity index (χ4v) is 2.50. The molecule has 0 aromatic heterocycles. The summed E-state index contributed by atoms with van der Waals surface area (Å²) in [6.07, 6.45) is 7.46. The van der Waals surface area contributed by atoms with Gasteiger partial charge in [0.15, 0.2) is 0 Å². The van der Waals surface area contributed by atoms with Gasteiger partial charge in [-0.1, -0.05) is 60.7 Å². The minimum atomic E-state index is -0.0685. The number of allylic oxidation sites excluding steroid dienone is 7. The van der Waals surface area contributed by atoms with Crippen molar-refractivity contribution in [1.29, 1.82) is 0 Å². The zero-order chi connectivity index (χ0) is 18.8. The number of rotatable bonds is 7. The van der Waals surface area contributed by atoms with Crippen LogP contribution in [0.1, 0.15) is 40.2 Å². The molecule has 0 aliphatic rings. The zero-order valence-electron chi connectivity index (χ0n) is 16.0. The van der Waals surface area contributed by atoms with Gasteiger partial charge in [-0.25, -0.2) is 0 Å². The van der Waals surface area contributed by atoms with Gasteiger partial charge in [-0.05, 0) is 68.6 Å². The Kier molecular flexibility index (Phi) is 8.42. The van der Waals surface area contributed by atoms with Crippen LogP contribution in [0.5, 0.6) is 0 Å². The van der Waals surface area contributed by atoms with Crippen molar-refractivity contribution in [3.8, 4) is 0 Å². The van der Waals surface area contributed by atoms with Gasteiger partial charge in [-0.2, -0.15) is 0 Å². The molecular formula is C23H29NO. The molecule has 0 unspecified atom stereocenters. The standard InChI is InChI=1S/C23H29NO/c1-7-12-23(25)24-16-19(5)20(6)17(3)15-18(4)22(8-2)21-13-10-9-11-14-21/h7-15H,4,16H2,1-3,5-6H3,(H,24,25)/b12-7+,17-15+,20-19+,22-8+. The first-order chi connectivity index (χ1) is 11.9. The molecule has 2 nitrogen and oxygen atoms in total. The summed E-state index contributed by atoms with van der Waals surface area (Å²) in [5.41, 5.74) is 6.74. The van der Waals surface area contributed by atoms with Gasteiger partial charge in [0, 0.05) is 6.54 Å². The highest BCUT2D eigenvalue weighted by molar-refractivity contribution is 5.87. The lowest BCUT2D eigenvalue weighted by Crippen LogP contribution is -2.23. The minimum absolute atomic E-state index is 0.0685. The lowest BCUT2D eigenvalue weighted by Gasteiger charge is -2.12. The molecule has 0 fully saturated rings. The van der Waals surface area contributed by atoms with E-state index in [9.17, 15) is 4.79 Å². The summed E-state index contributed by atoms with van der Waals surface area (Å²) in [7, 11) is 0. The summed E-state index contributed by atoms with van der Waals surface area (Å²) in [4.78, 5) is 11.5. The van der Waals surface area contributed by atoms with Gasteiger partial charge in [0.2, 0.25) is 5.91 Å². The lowest BCUT2D eigenvalue weighted by molar-refractivity contribution is -0.116. The van der Waals surface area contributed by atoms with E-state index in [4.69, 9.17) is 0 Å². The van der Waals surface area contributed by atoms with Gasteiger partial charge in [0.05, 0.1) is 0 Å². The zero-order valence-corrected chi connectivity index (χ0v) is 16.0. The number of nitrogens with one attached hydrogen (secondary N) is 1. The smallest absolute Gasteiger partial charge is 0.243 e. The lowest BCUT2D eigenvalue weighted by atomic mass is 9.95. The average molecular weight is 335 g/mol. The molecule has 0 aliphatic carbocycles. The summed E-state index contributed by atoms with van der Waals surface area (Å²) in [5.74, 6) is -0.0685. The van der Waals surface area contributed by atoms with Crippen molar-refractivity contribution in [3.63, 3.8) is 0 Å². The van der Waals surface area contributed by atoms with Gasteiger partial charge < -0.3 is 5.32 Å². The van der Waals surface area contributed by atoms with Crippen LogP contribution in [0.25, 0.3) is 5.57 Å². The molecule has 132 valence electrons. The van der Waals surface area contributed by atoms with Crippen LogP contribution in [0.3, 0.4) is 0 Å². The summed E-state index contributed by atoms with van der Waals surface area (Å²) in [6, 6.07) is 10.3. The van der Waals surface area contributed by atoms with Crippen molar-refractivity contribution >= 4 is 11.5 Å². The van der Waals surface area contributed by atoms with Crippen LogP contribution in [0.2, 0.25) is 0 Å². The van der Waals surface area contributed by atoms with Gasteiger partial charge >= 0.3 is 0 Å². The van der Waals surface area contributed by atoms with Crippen LogP contribution in [0, 0.1) is 0 Å². The first kappa shape index (κ1) is 20.4. The second-order valence-electron chi connectivity index (χ2n) is 6.04. The van der Waals surface area contributed by atoms with Crippen LogP contribution in [0.15, 0.2) is 83.5 Å². The maximum absolute atomic E-state index is 11.5. The van der Waals surface area contributed by atoms with Crippen molar-refractivity contribution < 1.29 is 4.79 Å². The molecule has 0 saturated carbocycles. The number of amides is 1. The highest BCUT2D eigenvalue weighted by atomic mass is 16.1. The Balaban J connectivity index is 2.92. The van der Waals surface area contributed by atoms with Crippen LogP contribution in [-0.2, 0) is 4.79 Å². The number of carbonyl (C=O) groups excluding carboxylic acids is 1. The summed E-state index contributed by atoms with van der Waals surface area (Å²) in [5, 5.41) is 2.89. The van der Waals surface area contributed by atoms with Crippen LogP contribution < -0.4 is 5.32 Å². The predicted molar refractivity (Wildman–Crippen MR) is 109 cm³/mol. The topological polar surface area (TPSA) is 29.1 Å². The van der Waals surface area contributed by atoms with Crippen molar-refractivity contribution in [3.05, 3.63) is 89.1 Å². The second-order valence-corrected chi connectivity index (χ2v) is 6.04. The fraction of sp³-hybridized carbons (Fsp3) is 0.261. The van der Waals surface area contributed by atoms with Crippen molar-refractivity contribution in [1.82, 2.24) is 5.32 Å². The maximum atomic E-state index is 11.5. The maximum Gasteiger partial charge on any atom is 0.243 e. The first-order valence-corrected chi connectivity index (χ1v) is 8.57. The molecule has 2 heteroatoms. The molecule has 1 rings (SSSR count). The fourth-order valence-electron chi connectivity index (χ4n) is 2.50. The van der Waals surface area contributed by atoms with Gasteiger partial charge in [0.25, 0.3) is 0 Å². The Morgan fingerprint density at radius 1 is 1.12 bits per heavy atom. The molecule has 1 amide bonds. The van der Waals surface area contributed by atoms with Gasteiger partial charge in [0.1, 0.15) is 0 Å². The normalized spacial score (nSPS) is 13.6. The molecule has 0 saturated heterocycles. The third kappa shape index (κ3) is 6.42. The highest BCUT2D eigenvalue weighted by Crippen LogP contribution is 2.25. The summed E-state index contributed by atoms with van der Waals surface area (Å²) >= 11 is 0. The molecule has 25 heavy (non-hydrogen) atoms. The van der Waals surface area contributed by atoms with E-state index in [1.165, 1.54) is 11.6 Å². The molecule has 0 spiro atoms. The van der Waals surface area contributed by atoms with E-state index in [0.29, 0.717) is 6.54 Å². The highest BCUT2D eigenvalue weighted by Gasteiger charge is 2.06. The molecule has 0 atom stereocenters. The summed E-state index contributed by atoms with van der Waals surface area (Å²) in [6.45, 7) is 14.8. The van der Waals surface area contributed by atoms with Crippen molar-refractivity contribution in [2.75, 3.05) is 6.54 Å². The molecule has 1 aromatic carbocycles. The van der Waals surface area contributed by atoms with E-state index in [2.05, 4.69) is 50.0 Å². The average Bonchev–Trinajstić information content (AvgIpc) is 2.60. The molecule has 1 aromatic rings. The van der Waals surface area contributed by atoms with Gasteiger partial charge in [-0.15, -0.1) is 0 Å². The third-order valence-corrected chi connectivity index (χ3v) is 4.19. The van der Waals surface area contributed by atoms with E-state index in [-0.39, 0.29) is 5.91 Å². The monoisotopic (exact) mass is 335 g/mol. The van der Waals surface area contributed by atoms with Crippen molar-refractivity contribution in [2.24, 2.45) is 0 Å². The van der Waals surface area contributed by atoms with E-state index in [0.717, 1.165) is 27.9 Å². The van der Waals surface area contributed by atoms with Crippen molar-refractivity contribution in [2.45, 2.75) is 34.6 Å². The number of hydrogen-bond donors (Lipinski definition) is 1. The van der Waals surface area contributed by atoms with E-state index < -0.39 is 0 Å².